The van der Waals surface area contributed by atoms with Gasteiger partial charge in [0.2, 0.25) is 0 Å². The van der Waals surface area contributed by atoms with E-state index in [-0.39, 0.29) is 5.60 Å². The minimum atomic E-state index is 0.284. The Morgan fingerprint density at radius 2 is 2.10 bits per heavy atom. The van der Waals surface area contributed by atoms with Crippen molar-refractivity contribution >= 4 is 23.5 Å². The van der Waals surface area contributed by atoms with Crippen LogP contribution in [-0.2, 0) is 4.74 Å². The maximum absolute atomic E-state index is 6.13. The molecule has 0 aromatic carbocycles. The number of rotatable bonds is 4. The molecule has 0 aromatic heterocycles. The Morgan fingerprint density at radius 1 is 1.30 bits per heavy atom. The van der Waals surface area contributed by atoms with E-state index in [1.54, 1.807) is 0 Å². The number of hydrogen-bond acceptors (Lipinski definition) is 4. The van der Waals surface area contributed by atoms with Gasteiger partial charge in [0.15, 0.2) is 0 Å². The van der Waals surface area contributed by atoms with E-state index >= 15 is 0 Å². The summed E-state index contributed by atoms with van der Waals surface area (Å²) in [5.74, 6) is 3.49. The van der Waals surface area contributed by atoms with E-state index < -0.39 is 0 Å². The van der Waals surface area contributed by atoms with Gasteiger partial charge < -0.3 is 10.1 Å². The van der Waals surface area contributed by atoms with Gasteiger partial charge in [-0.1, -0.05) is 6.92 Å². The van der Waals surface area contributed by atoms with Crippen LogP contribution in [0.15, 0.2) is 0 Å². The summed E-state index contributed by atoms with van der Waals surface area (Å²) >= 11 is 4.43. The molecule has 2 saturated heterocycles. The Bertz CT molecular complexity index is 322. The SMILES string of the molecule is CCC1SCCSC1C(NC)C1CCOC2(CCC2)C1. The lowest BCUT2D eigenvalue weighted by molar-refractivity contribution is -0.146. The zero-order valence-electron chi connectivity index (χ0n) is 12.9. The highest BCUT2D eigenvalue weighted by Gasteiger charge is 2.46. The van der Waals surface area contributed by atoms with Crippen LogP contribution < -0.4 is 5.32 Å². The molecule has 116 valence electrons. The van der Waals surface area contributed by atoms with Gasteiger partial charge >= 0.3 is 0 Å². The summed E-state index contributed by atoms with van der Waals surface area (Å²) in [6.07, 6.45) is 7.87. The highest BCUT2D eigenvalue weighted by Crippen LogP contribution is 2.47. The van der Waals surface area contributed by atoms with Crippen LogP contribution in [-0.4, -0.2) is 47.3 Å². The van der Waals surface area contributed by atoms with Gasteiger partial charge in [0.1, 0.15) is 0 Å². The Balaban J connectivity index is 1.68. The van der Waals surface area contributed by atoms with Crippen molar-refractivity contribution in [3.05, 3.63) is 0 Å². The maximum atomic E-state index is 6.13. The van der Waals surface area contributed by atoms with Gasteiger partial charge in [0, 0.05) is 34.7 Å². The molecule has 3 aliphatic rings. The van der Waals surface area contributed by atoms with Crippen LogP contribution >= 0.6 is 23.5 Å². The average molecular weight is 316 g/mol. The van der Waals surface area contributed by atoms with Crippen LogP contribution in [0.5, 0.6) is 0 Å². The number of hydrogen-bond donors (Lipinski definition) is 1. The Morgan fingerprint density at radius 3 is 2.75 bits per heavy atom. The van der Waals surface area contributed by atoms with Gasteiger partial charge in [0.05, 0.1) is 5.60 Å². The summed E-state index contributed by atoms with van der Waals surface area (Å²) in [7, 11) is 2.18. The summed E-state index contributed by atoms with van der Waals surface area (Å²) in [5, 5.41) is 5.34. The Kier molecular flexibility index (Phi) is 5.28. The normalized spacial score (nSPS) is 38.4. The molecule has 1 aliphatic carbocycles. The van der Waals surface area contributed by atoms with Crippen molar-refractivity contribution in [2.75, 3.05) is 25.2 Å². The first-order valence-corrected chi connectivity index (χ1v) is 10.4. The van der Waals surface area contributed by atoms with Gasteiger partial charge in [-0.25, -0.2) is 0 Å². The topological polar surface area (TPSA) is 21.3 Å². The van der Waals surface area contributed by atoms with Gasteiger partial charge in [-0.3, -0.25) is 0 Å². The van der Waals surface area contributed by atoms with Crippen molar-refractivity contribution in [2.45, 2.75) is 67.6 Å². The highest BCUT2D eigenvalue weighted by atomic mass is 32.2. The van der Waals surface area contributed by atoms with E-state index in [0.717, 1.165) is 23.0 Å². The van der Waals surface area contributed by atoms with Gasteiger partial charge in [-0.05, 0) is 51.5 Å². The first-order chi connectivity index (χ1) is 9.78. The van der Waals surface area contributed by atoms with E-state index in [1.165, 1.54) is 50.0 Å². The average Bonchev–Trinajstić information content (AvgIpc) is 2.47. The first-order valence-electron chi connectivity index (χ1n) is 8.32. The largest absolute Gasteiger partial charge is 0.375 e. The summed E-state index contributed by atoms with van der Waals surface area (Å²) in [4.78, 5) is 0. The molecule has 2 nitrogen and oxygen atoms in total. The molecule has 3 rings (SSSR count). The molecule has 4 heteroatoms. The molecule has 0 aromatic rings. The van der Waals surface area contributed by atoms with Crippen molar-refractivity contribution in [2.24, 2.45) is 5.92 Å². The first kappa shape index (κ1) is 15.5. The summed E-state index contributed by atoms with van der Waals surface area (Å²) in [5.41, 5.74) is 0.284. The number of ether oxygens (including phenoxy) is 1. The van der Waals surface area contributed by atoms with E-state index in [4.69, 9.17) is 4.74 Å². The molecule has 0 bridgehead atoms. The fourth-order valence-electron chi connectivity index (χ4n) is 4.23. The minimum Gasteiger partial charge on any atom is -0.375 e. The van der Waals surface area contributed by atoms with E-state index in [0.29, 0.717) is 6.04 Å². The molecule has 4 unspecified atom stereocenters. The second kappa shape index (κ2) is 6.80. The molecule has 4 atom stereocenters. The van der Waals surface area contributed by atoms with Crippen molar-refractivity contribution in [3.63, 3.8) is 0 Å². The minimum absolute atomic E-state index is 0.284. The molecular weight excluding hydrogens is 286 g/mol. The van der Waals surface area contributed by atoms with Gasteiger partial charge in [0.25, 0.3) is 0 Å². The Hall–Kier alpha value is 0.620. The van der Waals surface area contributed by atoms with E-state index in [2.05, 4.69) is 42.8 Å². The summed E-state index contributed by atoms with van der Waals surface area (Å²) < 4.78 is 6.13. The van der Waals surface area contributed by atoms with Gasteiger partial charge in [-0.15, -0.1) is 0 Å². The molecule has 1 spiro atoms. The van der Waals surface area contributed by atoms with Gasteiger partial charge in [-0.2, -0.15) is 23.5 Å². The lowest BCUT2D eigenvalue weighted by atomic mass is 9.70. The molecule has 3 fully saturated rings. The third kappa shape index (κ3) is 3.04. The Labute approximate surface area is 132 Å². The molecule has 0 amide bonds. The van der Waals surface area contributed by atoms with Crippen molar-refractivity contribution in [3.8, 4) is 0 Å². The van der Waals surface area contributed by atoms with Crippen molar-refractivity contribution in [1.29, 1.82) is 0 Å². The van der Waals surface area contributed by atoms with Crippen LogP contribution in [0, 0.1) is 5.92 Å². The van der Waals surface area contributed by atoms with E-state index in [1.807, 2.05) is 0 Å². The smallest absolute Gasteiger partial charge is 0.0685 e. The predicted octanol–water partition coefficient (Wildman–Crippen LogP) is 3.55. The zero-order valence-corrected chi connectivity index (χ0v) is 14.5. The standard InChI is InChI=1S/C16H29NOS2/c1-3-13-15(20-10-9-19-13)14(17-2)12-5-8-18-16(11-12)6-4-7-16/h12-15,17H,3-11H2,1-2H3. The predicted molar refractivity (Wildman–Crippen MR) is 90.9 cm³/mol. The lowest BCUT2D eigenvalue weighted by Gasteiger charge is -2.50. The molecule has 1 saturated carbocycles. The van der Waals surface area contributed by atoms with Crippen LogP contribution in [0.1, 0.15) is 45.4 Å². The maximum Gasteiger partial charge on any atom is 0.0685 e. The van der Waals surface area contributed by atoms with Crippen LogP contribution in [0.3, 0.4) is 0 Å². The van der Waals surface area contributed by atoms with Crippen molar-refractivity contribution in [1.82, 2.24) is 5.32 Å². The van der Waals surface area contributed by atoms with Crippen LogP contribution in [0.25, 0.3) is 0 Å². The lowest BCUT2D eigenvalue weighted by Crippen LogP contribution is -2.54. The molecule has 20 heavy (non-hydrogen) atoms. The second-order valence-corrected chi connectivity index (χ2v) is 9.24. The summed E-state index contributed by atoms with van der Waals surface area (Å²) in [6, 6.07) is 0.680. The fraction of sp³-hybridized carbons (Fsp3) is 1.00. The number of nitrogens with one attached hydrogen (secondary N) is 1. The number of thioether (sulfide) groups is 2. The quantitative estimate of drug-likeness (QED) is 0.856. The summed E-state index contributed by atoms with van der Waals surface area (Å²) in [6.45, 7) is 3.35. The molecule has 1 N–H and O–H groups in total. The second-order valence-electron chi connectivity index (χ2n) is 6.61. The highest BCUT2D eigenvalue weighted by molar-refractivity contribution is 8.07. The van der Waals surface area contributed by atoms with Crippen LogP contribution in [0.4, 0.5) is 0 Å². The molecule has 2 heterocycles. The third-order valence-corrected chi connectivity index (χ3v) is 8.86. The molecular formula is C16H29NOS2. The third-order valence-electron chi connectivity index (χ3n) is 5.49. The van der Waals surface area contributed by atoms with Crippen molar-refractivity contribution < 1.29 is 4.74 Å². The van der Waals surface area contributed by atoms with E-state index in [9.17, 15) is 0 Å². The molecule has 0 radical (unpaired) electrons. The monoisotopic (exact) mass is 315 g/mol. The fourth-order valence-corrected chi connectivity index (χ4v) is 7.61. The molecule has 2 aliphatic heterocycles. The van der Waals surface area contributed by atoms with Crippen LogP contribution in [0.2, 0.25) is 0 Å². The zero-order chi connectivity index (χ0) is 14.0.